The van der Waals surface area contributed by atoms with Gasteiger partial charge in [-0.05, 0) is 29.8 Å². The number of ether oxygens (including phenoxy) is 1. The van der Waals surface area contributed by atoms with Crippen molar-refractivity contribution in [3.05, 3.63) is 77.1 Å². The van der Waals surface area contributed by atoms with Crippen LogP contribution in [-0.2, 0) is 13.7 Å². The Hall–Kier alpha value is -3.75. The molecule has 9 heteroatoms. The number of anilines is 1. The summed E-state index contributed by atoms with van der Waals surface area (Å²) in [7, 11) is 1.53. The zero-order valence-corrected chi connectivity index (χ0v) is 14.8. The van der Waals surface area contributed by atoms with Crippen molar-refractivity contribution >= 4 is 17.5 Å². The Labute approximate surface area is 158 Å². The smallest absolute Gasteiger partial charge is 0.269 e. The van der Waals surface area contributed by atoms with E-state index in [1.165, 1.54) is 24.0 Å². The van der Waals surface area contributed by atoms with E-state index in [-0.39, 0.29) is 23.7 Å². The van der Waals surface area contributed by atoms with Gasteiger partial charge in [-0.2, -0.15) is 5.10 Å². The molecule has 0 aliphatic rings. The minimum Gasteiger partial charge on any atom is -0.486 e. The highest BCUT2D eigenvalue weighted by Gasteiger charge is 2.17. The van der Waals surface area contributed by atoms with Gasteiger partial charge in [0.2, 0.25) is 0 Å². The third-order valence-electron chi connectivity index (χ3n) is 3.90. The van der Waals surface area contributed by atoms with Crippen LogP contribution in [0.2, 0.25) is 0 Å². The molecule has 0 radical (unpaired) electrons. The van der Waals surface area contributed by atoms with Gasteiger partial charge in [0.25, 0.3) is 11.8 Å². The number of aryl methyl sites for hydroxylation is 1. The van der Waals surface area contributed by atoms with Crippen LogP contribution in [0.3, 0.4) is 0 Å². The van der Waals surface area contributed by atoms with Gasteiger partial charge in [-0.3, -0.25) is 14.3 Å². The predicted molar refractivity (Wildman–Crippen MR) is 96.8 cm³/mol. The molecule has 0 saturated carbocycles. The van der Waals surface area contributed by atoms with Gasteiger partial charge in [-0.15, -0.1) is 0 Å². The molecule has 2 aromatic carbocycles. The zero-order chi connectivity index (χ0) is 20.3. The first kappa shape index (κ1) is 19.0. The molecule has 3 N–H and O–H groups in total. The second-order valence-electron chi connectivity index (χ2n) is 5.91. The fourth-order valence-electron chi connectivity index (χ4n) is 2.57. The standard InChI is InChI=1S/C19H16F2N4O3/c1-25-17(18(22)26)15(9-23-25)24-19(27)12-4-2-3-11(7-12)10-28-16-6-5-13(20)8-14(16)21/h2-9H,10H2,1H3,(H2,22,26)(H,24,27). The van der Waals surface area contributed by atoms with E-state index in [0.29, 0.717) is 11.1 Å². The lowest BCUT2D eigenvalue weighted by atomic mass is 10.1. The number of rotatable bonds is 6. The maximum Gasteiger partial charge on any atom is 0.269 e. The fourth-order valence-corrected chi connectivity index (χ4v) is 2.57. The average molecular weight is 386 g/mol. The third-order valence-corrected chi connectivity index (χ3v) is 3.90. The Morgan fingerprint density at radius 1 is 1.21 bits per heavy atom. The van der Waals surface area contributed by atoms with E-state index < -0.39 is 23.4 Å². The van der Waals surface area contributed by atoms with Crippen molar-refractivity contribution in [1.82, 2.24) is 9.78 Å². The summed E-state index contributed by atoms with van der Waals surface area (Å²) in [4.78, 5) is 24.0. The van der Waals surface area contributed by atoms with Crippen LogP contribution in [0.25, 0.3) is 0 Å². The number of aromatic nitrogens is 2. The molecule has 0 saturated heterocycles. The lowest BCUT2D eigenvalue weighted by Crippen LogP contribution is -2.20. The van der Waals surface area contributed by atoms with Crippen molar-refractivity contribution in [3.63, 3.8) is 0 Å². The monoisotopic (exact) mass is 386 g/mol. The van der Waals surface area contributed by atoms with Crippen LogP contribution in [0.4, 0.5) is 14.5 Å². The number of halogens is 2. The number of primary amides is 1. The minimum atomic E-state index is -0.815. The molecule has 2 amide bonds. The Kier molecular flexibility index (Phi) is 5.35. The Morgan fingerprint density at radius 2 is 2.00 bits per heavy atom. The van der Waals surface area contributed by atoms with Gasteiger partial charge >= 0.3 is 0 Å². The van der Waals surface area contributed by atoms with E-state index >= 15 is 0 Å². The normalized spacial score (nSPS) is 10.5. The third kappa shape index (κ3) is 4.14. The lowest BCUT2D eigenvalue weighted by molar-refractivity contribution is 0.0992. The summed E-state index contributed by atoms with van der Waals surface area (Å²) in [6, 6.07) is 9.45. The van der Waals surface area contributed by atoms with Gasteiger partial charge in [0.05, 0.1) is 11.9 Å². The van der Waals surface area contributed by atoms with Crippen LogP contribution >= 0.6 is 0 Å². The largest absolute Gasteiger partial charge is 0.486 e. The average Bonchev–Trinajstić information content (AvgIpc) is 3.01. The molecule has 0 aliphatic heterocycles. The van der Waals surface area contributed by atoms with E-state index in [2.05, 4.69) is 10.4 Å². The summed E-state index contributed by atoms with van der Waals surface area (Å²) in [6.07, 6.45) is 1.32. The Bertz CT molecular complexity index is 1050. The fraction of sp³-hybridized carbons (Fsp3) is 0.105. The molecule has 0 atom stereocenters. The number of nitrogens with zero attached hydrogens (tertiary/aromatic N) is 2. The lowest BCUT2D eigenvalue weighted by Gasteiger charge is -2.09. The molecular weight excluding hydrogens is 370 g/mol. The van der Waals surface area contributed by atoms with Gasteiger partial charge in [-0.1, -0.05) is 12.1 Å². The van der Waals surface area contributed by atoms with E-state index in [9.17, 15) is 18.4 Å². The Balaban J connectivity index is 1.72. The van der Waals surface area contributed by atoms with Crippen molar-refractivity contribution in [2.75, 3.05) is 5.32 Å². The summed E-state index contributed by atoms with van der Waals surface area (Å²) in [5.41, 5.74) is 6.44. The number of benzene rings is 2. The molecule has 0 spiro atoms. The van der Waals surface area contributed by atoms with Crippen LogP contribution in [-0.4, -0.2) is 21.6 Å². The van der Waals surface area contributed by atoms with E-state index in [1.54, 1.807) is 24.3 Å². The van der Waals surface area contributed by atoms with Gasteiger partial charge in [0.15, 0.2) is 11.6 Å². The molecule has 1 heterocycles. The van der Waals surface area contributed by atoms with E-state index in [1.807, 2.05) is 0 Å². The SMILES string of the molecule is Cn1ncc(NC(=O)c2cccc(COc3ccc(F)cc3F)c2)c1C(N)=O. The molecule has 0 bridgehead atoms. The molecular formula is C19H16F2N4O3. The highest BCUT2D eigenvalue weighted by Crippen LogP contribution is 2.20. The first-order valence-corrected chi connectivity index (χ1v) is 8.15. The number of nitrogens with one attached hydrogen (secondary N) is 1. The quantitative estimate of drug-likeness (QED) is 0.680. The zero-order valence-electron chi connectivity index (χ0n) is 14.8. The molecule has 28 heavy (non-hydrogen) atoms. The van der Waals surface area contributed by atoms with Gasteiger partial charge in [-0.25, -0.2) is 8.78 Å². The number of amides is 2. The Morgan fingerprint density at radius 3 is 2.71 bits per heavy atom. The topological polar surface area (TPSA) is 99.2 Å². The van der Waals surface area contributed by atoms with Crippen LogP contribution in [0, 0.1) is 11.6 Å². The molecule has 144 valence electrons. The minimum absolute atomic E-state index is 0.0247. The van der Waals surface area contributed by atoms with Gasteiger partial charge in [0, 0.05) is 18.7 Å². The second-order valence-corrected chi connectivity index (χ2v) is 5.91. The first-order valence-electron chi connectivity index (χ1n) is 8.15. The molecule has 1 aromatic heterocycles. The molecule has 0 aliphatic carbocycles. The van der Waals surface area contributed by atoms with Crippen molar-refractivity contribution in [3.8, 4) is 5.75 Å². The van der Waals surface area contributed by atoms with Crippen LogP contribution in [0.5, 0.6) is 5.75 Å². The number of nitrogens with two attached hydrogens (primary N) is 1. The van der Waals surface area contributed by atoms with Crippen molar-refractivity contribution in [2.24, 2.45) is 12.8 Å². The molecule has 3 aromatic rings. The number of hydrogen-bond donors (Lipinski definition) is 2. The van der Waals surface area contributed by atoms with Crippen molar-refractivity contribution < 1.29 is 23.1 Å². The summed E-state index contributed by atoms with van der Waals surface area (Å²) >= 11 is 0. The van der Waals surface area contributed by atoms with Crippen molar-refractivity contribution in [1.29, 1.82) is 0 Å². The van der Waals surface area contributed by atoms with E-state index in [4.69, 9.17) is 10.5 Å². The first-order chi connectivity index (χ1) is 13.3. The predicted octanol–water partition coefficient (Wildman–Crippen LogP) is 2.63. The van der Waals surface area contributed by atoms with E-state index in [0.717, 1.165) is 12.1 Å². The van der Waals surface area contributed by atoms with Crippen LogP contribution in [0.1, 0.15) is 26.4 Å². The summed E-state index contributed by atoms with van der Waals surface area (Å²) in [6.45, 7) is -0.0247. The summed E-state index contributed by atoms with van der Waals surface area (Å²) in [5.74, 6) is -2.82. The van der Waals surface area contributed by atoms with Crippen molar-refractivity contribution in [2.45, 2.75) is 6.61 Å². The number of carbonyl (C=O) groups excluding carboxylic acids is 2. The summed E-state index contributed by atoms with van der Waals surface area (Å²) in [5, 5.41) is 6.48. The molecule has 3 rings (SSSR count). The molecule has 0 fully saturated rings. The highest BCUT2D eigenvalue weighted by atomic mass is 19.1. The number of hydrogen-bond acceptors (Lipinski definition) is 4. The van der Waals surface area contributed by atoms with Crippen LogP contribution in [0.15, 0.2) is 48.7 Å². The highest BCUT2D eigenvalue weighted by molar-refractivity contribution is 6.08. The maximum absolute atomic E-state index is 13.6. The van der Waals surface area contributed by atoms with Gasteiger partial charge < -0.3 is 15.8 Å². The van der Waals surface area contributed by atoms with Gasteiger partial charge in [0.1, 0.15) is 18.1 Å². The molecule has 0 unspecified atom stereocenters. The number of carbonyl (C=O) groups is 2. The molecule has 7 nitrogen and oxygen atoms in total. The summed E-state index contributed by atoms with van der Waals surface area (Å²) < 4.78 is 33.2. The van der Waals surface area contributed by atoms with Crippen LogP contribution < -0.4 is 15.8 Å². The second kappa shape index (κ2) is 7.87. The maximum atomic E-state index is 13.6.